The number of methoxy groups -OCH3 is 2. The Morgan fingerprint density at radius 2 is 1.89 bits per heavy atom. The van der Waals surface area contributed by atoms with E-state index in [9.17, 15) is 5.11 Å². The molecule has 0 spiro atoms. The molecule has 0 aliphatic heterocycles. The van der Waals surface area contributed by atoms with Crippen LogP contribution in [0.5, 0.6) is 11.5 Å². The van der Waals surface area contributed by atoms with Crippen LogP contribution in [0.3, 0.4) is 0 Å². The predicted octanol–water partition coefficient (Wildman–Crippen LogP) is 1.70. The summed E-state index contributed by atoms with van der Waals surface area (Å²) in [7, 11) is 3.16. The highest BCUT2D eigenvalue weighted by atomic mass is 16.5. The van der Waals surface area contributed by atoms with Gasteiger partial charge in [-0.2, -0.15) is 0 Å². The molecule has 1 unspecified atom stereocenters. The molecule has 1 atom stereocenters. The number of aromatic amines is 1. The molecule has 0 saturated carbocycles. The molecule has 2 N–H and O–H groups in total. The number of aliphatic hydroxyl groups is 1. The van der Waals surface area contributed by atoms with Crippen LogP contribution in [0.2, 0.25) is 0 Å². The van der Waals surface area contributed by atoms with Crippen LogP contribution < -0.4 is 9.47 Å². The van der Waals surface area contributed by atoms with Gasteiger partial charge < -0.3 is 19.6 Å². The highest BCUT2D eigenvalue weighted by Gasteiger charge is 2.12. The van der Waals surface area contributed by atoms with Crippen molar-refractivity contribution in [3.05, 3.63) is 42.0 Å². The van der Waals surface area contributed by atoms with Gasteiger partial charge in [0.15, 0.2) is 0 Å². The van der Waals surface area contributed by atoms with Crippen molar-refractivity contribution < 1.29 is 14.6 Å². The standard InChI is InChI=1S/C13H16N2O3/c1-17-10-5-9(6-11(7-10)18-2)12(16)8-13-14-3-4-15-13/h3-7,12,16H,8H2,1-2H3,(H,14,15). The first kappa shape index (κ1) is 12.4. The second kappa shape index (κ2) is 5.55. The number of hydrogen-bond acceptors (Lipinski definition) is 4. The highest BCUT2D eigenvalue weighted by molar-refractivity contribution is 5.39. The molecule has 1 aromatic heterocycles. The van der Waals surface area contributed by atoms with Gasteiger partial charge in [0, 0.05) is 24.9 Å². The minimum absolute atomic E-state index is 0.420. The maximum absolute atomic E-state index is 10.2. The summed E-state index contributed by atoms with van der Waals surface area (Å²) in [5, 5.41) is 10.2. The third-order valence-corrected chi connectivity index (χ3v) is 2.70. The summed E-state index contributed by atoms with van der Waals surface area (Å²) in [5.41, 5.74) is 0.739. The van der Waals surface area contributed by atoms with Gasteiger partial charge in [-0.15, -0.1) is 0 Å². The first-order valence-electron chi connectivity index (χ1n) is 5.62. The second-order valence-corrected chi connectivity index (χ2v) is 3.90. The van der Waals surface area contributed by atoms with Gasteiger partial charge in [-0.25, -0.2) is 4.98 Å². The number of nitrogens with one attached hydrogen (secondary N) is 1. The SMILES string of the molecule is COc1cc(OC)cc(C(O)Cc2ncc[nH]2)c1. The highest BCUT2D eigenvalue weighted by Crippen LogP contribution is 2.27. The average molecular weight is 248 g/mol. The van der Waals surface area contributed by atoms with Crippen molar-refractivity contribution in [2.75, 3.05) is 14.2 Å². The van der Waals surface area contributed by atoms with E-state index in [-0.39, 0.29) is 0 Å². The smallest absolute Gasteiger partial charge is 0.122 e. The lowest BCUT2D eigenvalue weighted by Crippen LogP contribution is -2.04. The Hall–Kier alpha value is -2.01. The van der Waals surface area contributed by atoms with Crippen molar-refractivity contribution in [3.8, 4) is 11.5 Å². The van der Waals surface area contributed by atoms with Crippen LogP contribution in [-0.2, 0) is 6.42 Å². The molecular weight excluding hydrogens is 232 g/mol. The van der Waals surface area contributed by atoms with E-state index in [1.807, 2.05) is 0 Å². The minimum atomic E-state index is -0.653. The number of imidazole rings is 1. The van der Waals surface area contributed by atoms with Gasteiger partial charge in [0.1, 0.15) is 17.3 Å². The lowest BCUT2D eigenvalue weighted by atomic mass is 10.1. The van der Waals surface area contributed by atoms with Gasteiger partial charge in [0.2, 0.25) is 0 Å². The van der Waals surface area contributed by atoms with E-state index in [0.29, 0.717) is 17.9 Å². The van der Waals surface area contributed by atoms with E-state index in [0.717, 1.165) is 11.4 Å². The largest absolute Gasteiger partial charge is 0.497 e. The fourth-order valence-corrected chi connectivity index (χ4v) is 1.73. The molecule has 0 amide bonds. The summed E-state index contributed by atoms with van der Waals surface area (Å²) in [5.74, 6) is 2.05. The first-order chi connectivity index (χ1) is 8.72. The van der Waals surface area contributed by atoms with Crippen molar-refractivity contribution in [1.29, 1.82) is 0 Å². The Bertz CT molecular complexity index is 475. The zero-order valence-corrected chi connectivity index (χ0v) is 10.4. The number of ether oxygens (including phenoxy) is 2. The molecule has 18 heavy (non-hydrogen) atoms. The third kappa shape index (κ3) is 2.81. The van der Waals surface area contributed by atoms with E-state index < -0.39 is 6.10 Å². The lowest BCUT2D eigenvalue weighted by molar-refractivity contribution is 0.175. The molecule has 0 radical (unpaired) electrons. The van der Waals surface area contributed by atoms with Gasteiger partial charge >= 0.3 is 0 Å². The first-order valence-corrected chi connectivity index (χ1v) is 5.62. The lowest BCUT2D eigenvalue weighted by Gasteiger charge is -2.13. The number of rotatable bonds is 5. The van der Waals surface area contributed by atoms with E-state index in [1.54, 1.807) is 44.8 Å². The van der Waals surface area contributed by atoms with Gasteiger partial charge in [0.05, 0.1) is 20.3 Å². The van der Waals surface area contributed by atoms with Crippen LogP contribution in [0.4, 0.5) is 0 Å². The minimum Gasteiger partial charge on any atom is -0.497 e. The Labute approximate surface area is 105 Å². The van der Waals surface area contributed by atoms with Crippen LogP contribution in [-0.4, -0.2) is 29.3 Å². The Kier molecular flexibility index (Phi) is 3.84. The van der Waals surface area contributed by atoms with E-state index in [1.165, 1.54) is 0 Å². The van der Waals surface area contributed by atoms with Crippen molar-refractivity contribution in [3.63, 3.8) is 0 Å². The Morgan fingerprint density at radius 1 is 1.22 bits per heavy atom. The molecule has 1 heterocycles. The molecule has 0 aliphatic rings. The number of hydrogen-bond donors (Lipinski definition) is 2. The fraction of sp³-hybridized carbons (Fsp3) is 0.308. The maximum atomic E-state index is 10.2. The van der Waals surface area contributed by atoms with Crippen molar-refractivity contribution >= 4 is 0 Å². The molecular formula is C13H16N2O3. The summed E-state index contributed by atoms with van der Waals surface area (Å²) in [4.78, 5) is 7.05. The molecule has 0 saturated heterocycles. The molecule has 0 fully saturated rings. The van der Waals surface area contributed by atoms with Crippen molar-refractivity contribution in [1.82, 2.24) is 9.97 Å². The number of aromatic nitrogens is 2. The van der Waals surface area contributed by atoms with Crippen molar-refractivity contribution in [2.45, 2.75) is 12.5 Å². The summed E-state index contributed by atoms with van der Waals surface area (Å²) in [6.45, 7) is 0. The fourth-order valence-electron chi connectivity index (χ4n) is 1.73. The Balaban J connectivity index is 2.20. The summed E-state index contributed by atoms with van der Waals surface area (Å²) < 4.78 is 10.3. The van der Waals surface area contributed by atoms with Crippen LogP contribution in [0.1, 0.15) is 17.5 Å². The summed E-state index contributed by atoms with van der Waals surface area (Å²) in [6, 6.07) is 5.34. The quantitative estimate of drug-likeness (QED) is 0.845. The zero-order valence-electron chi connectivity index (χ0n) is 10.4. The molecule has 2 aromatic rings. The van der Waals surface area contributed by atoms with Crippen LogP contribution in [0, 0.1) is 0 Å². The topological polar surface area (TPSA) is 67.4 Å². The number of benzene rings is 1. The molecule has 5 nitrogen and oxygen atoms in total. The van der Waals surface area contributed by atoms with Gasteiger partial charge in [-0.1, -0.05) is 0 Å². The van der Waals surface area contributed by atoms with Crippen LogP contribution >= 0.6 is 0 Å². The monoisotopic (exact) mass is 248 g/mol. The molecule has 2 rings (SSSR count). The second-order valence-electron chi connectivity index (χ2n) is 3.90. The zero-order chi connectivity index (χ0) is 13.0. The number of nitrogens with zero attached hydrogens (tertiary/aromatic N) is 1. The maximum Gasteiger partial charge on any atom is 0.122 e. The Morgan fingerprint density at radius 3 is 2.39 bits per heavy atom. The molecule has 0 aliphatic carbocycles. The predicted molar refractivity (Wildman–Crippen MR) is 66.8 cm³/mol. The average Bonchev–Trinajstić information content (AvgIpc) is 2.90. The molecule has 1 aromatic carbocycles. The molecule has 5 heteroatoms. The summed E-state index contributed by atoms with van der Waals surface area (Å²) in [6.07, 6.45) is 3.16. The molecule has 0 bridgehead atoms. The normalized spacial score (nSPS) is 12.2. The van der Waals surface area contributed by atoms with E-state index in [2.05, 4.69) is 9.97 Å². The van der Waals surface area contributed by atoms with Crippen LogP contribution in [0.25, 0.3) is 0 Å². The summed E-state index contributed by atoms with van der Waals surface area (Å²) >= 11 is 0. The van der Waals surface area contributed by atoms with E-state index in [4.69, 9.17) is 9.47 Å². The third-order valence-electron chi connectivity index (χ3n) is 2.70. The molecule has 96 valence electrons. The van der Waals surface area contributed by atoms with Gasteiger partial charge in [-0.3, -0.25) is 0 Å². The van der Waals surface area contributed by atoms with Gasteiger partial charge in [0.25, 0.3) is 0 Å². The van der Waals surface area contributed by atoms with Crippen molar-refractivity contribution in [2.24, 2.45) is 0 Å². The number of H-pyrrole nitrogens is 1. The number of aliphatic hydroxyl groups excluding tert-OH is 1. The van der Waals surface area contributed by atoms with E-state index >= 15 is 0 Å². The van der Waals surface area contributed by atoms with Gasteiger partial charge in [-0.05, 0) is 17.7 Å². The van der Waals surface area contributed by atoms with Crippen LogP contribution in [0.15, 0.2) is 30.6 Å².